The number of esters is 1. The second-order valence-electron chi connectivity index (χ2n) is 9.00. The van der Waals surface area contributed by atoms with Gasteiger partial charge in [0.25, 0.3) is 5.91 Å². The number of carbonyl (C=O) groups is 2. The third-order valence-corrected chi connectivity index (χ3v) is 7.33. The van der Waals surface area contributed by atoms with E-state index in [1.54, 1.807) is 0 Å². The lowest BCUT2D eigenvalue weighted by Crippen LogP contribution is -2.51. The van der Waals surface area contributed by atoms with Crippen LogP contribution < -0.4 is 16.0 Å². The summed E-state index contributed by atoms with van der Waals surface area (Å²) in [5.74, 6) is -0.0241. The molecule has 0 radical (unpaired) electrons. The number of amides is 1. The molecule has 1 amide bonds. The van der Waals surface area contributed by atoms with Gasteiger partial charge in [-0.1, -0.05) is 11.3 Å². The van der Waals surface area contributed by atoms with Gasteiger partial charge in [0.2, 0.25) is 5.95 Å². The molecule has 12 heteroatoms. The highest BCUT2D eigenvalue weighted by molar-refractivity contribution is 7.13. The van der Waals surface area contributed by atoms with Gasteiger partial charge in [0.05, 0.1) is 16.2 Å². The predicted octanol–water partition coefficient (Wildman–Crippen LogP) is 2.83. The first-order valence-corrected chi connectivity index (χ1v) is 12.2. The molecular weight excluding hydrogens is 460 g/mol. The summed E-state index contributed by atoms with van der Waals surface area (Å²) in [5.41, 5.74) is 6.51. The molecule has 1 fully saturated rings. The topological polar surface area (TPSA) is 154 Å². The summed E-state index contributed by atoms with van der Waals surface area (Å²) in [6.45, 7) is 0. The average molecular weight is 489 g/mol. The zero-order chi connectivity index (χ0) is 24.5. The number of anilines is 2. The Kier molecular flexibility index (Phi) is 6.69. The Morgan fingerprint density at radius 3 is 2.59 bits per heavy atom. The fourth-order valence-electron chi connectivity index (χ4n) is 4.58. The average Bonchev–Trinajstić information content (AvgIpc) is 3.31. The number of fused-ring (bicyclic) bond motifs is 1. The number of nitrogens with two attached hydrogens (primary N) is 1. The quantitative estimate of drug-likeness (QED) is 0.340. The Hall–Kier alpha value is -3.28. The molecule has 4 rings (SSSR count). The molecule has 0 saturated heterocycles. The van der Waals surface area contributed by atoms with Crippen LogP contribution >= 0.6 is 11.3 Å². The fourth-order valence-corrected chi connectivity index (χ4v) is 5.28. The van der Waals surface area contributed by atoms with E-state index in [0.29, 0.717) is 18.8 Å². The van der Waals surface area contributed by atoms with E-state index in [1.165, 1.54) is 10.9 Å². The van der Waals surface area contributed by atoms with Crippen molar-refractivity contribution in [1.29, 1.82) is 0 Å². The summed E-state index contributed by atoms with van der Waals surface area (Å²) < 4.78 is 5.55. The molecule has 0 spiro atoms. The number of aryl methyl sites for hydroxylation is 1. The van der Waals surface area contributed by atoms with Gasteiger partial charge in [-0.25, -0.2) is 9.78 Å². The Labute approximate surface area is 200 Å². The summed E-state index contributed by atoms with van der Waals surface area (Å²) >= 11 is 0.826. The molecule has 11 nitrogen and oxygen atoms in total. The molecule has 0 unspecified atom stereocenters. The molecule has 0 bridgehead atoms. The second kappa shape index (κ2) is 9.53. The second-order valence-corrected chi connectivity index (χ2v) is 9.88. The monoisotopic (exact) mass is 488 g/mol. The van der Waals surface area contributed by atoms with E-state index >= 15 is 0 Å². The molecular formula is C22H28N6O5S. The Balaban J connectivity index is 1.44. The minimum absolute atomic E-state index is 0.00920. The highest BCUT2D eigenvalue weighted by Gasteiger charge is 2.44. The molecule has 0 atom stereocenters. The van der Waals surface area contributed by atoms with Gasteiger partial charge < -0.3 is 20.7 Å². The predicted molar refractivity (Wildman–Crippen MR) is 127 cm³/mol. The van der Waals surface area contributed by atoms with Gasteiger partial charge in [0.15, 0.2) is 5.60 Å². The van der Waals surface area contributed by atoms with Crippen molar-refractivity contribution in [2.75, 3.05) is 24.3 Å². The van der Waals surface area contributed by atoms with E-state index in [2.05, 4.69) is 5.32 Å². The molecule has 34 heavy (non-hydrogen) atoms. The first-order valence-electron chi connectivity index (χ1n) is 11.3. The number of rotatable bonds is 7. The van der Waals surface area contributed by atoms with E-state index in [0.717, 1.165) is 54.6 Å². The van der Waals surface area contributed by atoms with Gasteiger partial charge in [-0.05, 0) is 51.4 Å². The van der Waals surface area contributed by atoms with Gasteiger partial charge in [0.1, 0.15) is 5.82 Å². The maximum atomic E-state index is 12.6. The van der Waals surface area contributed by atoms with E-state index in [-0.39, 0.29) is 29.4 Å². The normalized spacial score (nSPS) is 21.9. The van der Waals surface area contributed by atoms with Crippen molar-refractivity contribution >= 4 is 40.0 Å². The maximum Gasteiger partial charge on any atom is 0.340 e. The minimum atomic E-state index is -1.45. The SMILES string of the molecule is CN(C)c1nc(NC2CCC(OC(=O)c3csc([N+](=O)[O-])c3)(C(N)=O)CC2)nc2c1CCCC2. The third-order valence-electron chi connectivity index (χ3n) is 6.45. The molecule has 3 N–H and O–H groups in total. The van der Waals surface area contributed by atoms with Gasteiger partial charge in [0, 0.05) is 37.1 Å². The molecule has 0 aromatic carbocycles. The Bertz CT molecular complexity index is 1110. The number of carbonyl (C=O) groups excluding carboxylic acids is 2. The van der Waals surface area contributed by atoms with E-state index in [1.807, 2.05) is 19.0 Å². The van der Waals surface area contributed by atoms with E-state index in [9.17, 15) is 19.7 Å². The molecule has 182 valence electrons. The number of aromatic nitrogens is 2. The van der Waals surface area contributed by atoms with Gasteiger partial charge in [-0.2, -0.15) is 4.98 Å². The minimum Gasteiger partial charge on any atom is -0.445 e. The van der Waals surface area contributed by atoms with Gasteiger partial charge in [-0.15, -0.1) is 0 Å². The van der Waals surface area contributed by atoms with Gasteiger partial charge >= 0.3 is 11.0 Å². The lowest BCUT2D eigenvalue weighted by molar-refractivity contribution is -0.380. The van der Waals surface area contributed by atoms with Crippen molar-refractivity contribution in [3.05, 3.63) is 38.4 Å². The number of primary amides is 1. The molecule has 2 aromatic heterocycles. The molecule has 2 aliphatic rings. The smallest absolute Gasteiger partial charge is 0.340 e. The van der Waals surface area contributed by atoms with Crippen LogP contribution in [0, 0.1) is 10.1 Å². The fraction of sp³-hybridized carbons (Fsp3) is 0.545. The molecule has 2 aliphatic carbocycles. The summed E-state index contributed by atoms with van der Waals surface area (Å²) in [5, 5.41) is 15.5. The van der Waals surface area contributed by atoms with Crippen LogP contribution in [-0.2, 0) is 22.4 Å². The van der Waals surface area contributed by atoms with Crippen molar-refractivity contribution in [3.8, 4) is 0 Å². The van der Waals surface area contributed by atoms with Crippen molar-refractivity contribution in [1.82, 2.24) is 9.97 Å². The first-order chi connectivity index (χ1) is 16.2. The van der Waals surface area contributed by atoms with Crippen LogP contribution in [0.1, 0.15) is 60.1 Å². The highest BCUT2D eigenvalue weighted by Crippen LogP contribution is 2.35. The zero-order valence-corrected chi connectivity index (χ0v) is 20.0. The zero-order valence-electron chi connectivity index (χ0n) is 19.2. The molecule has 2 aromatic rings. The number of hydrogen-bond acceptors (Lipinski definition) is 10. The molecule has 0 aliphatic heterocycles. The maximum absolute atomic E-state index is 12.6. The van der Waals surface area contributed by atoms with E-state index < -0.39 is 22.4 Å². The highest BCUT2D eigenvalue weighted by atomic mass is 32.1. The lowest BCUT2D eigenvalue weighted by atomic mass is 9.81. The number of hydrogen-bond donors (Lipinski definition) is 2. The van der Waals surface area contributed by atoms with Crippen LogP contribution in [0.15, 0.2) is 11.4 Å². The largest absolute Gasteiger partial charge is 0.445 e. The number of thiophene rings is 1. The number of nitrogens with zero attached hydrogens (tertiary/aromatic N) is 4. The summed E-state index contributed by atoms with van der Waals surface area (Å²) in [6.07, 6.45) is 5.69. The van der Waals surface area contributed by atoms with Gasteiger partial charge in [-0.3, -0.25) is 14.9 Å². The standard InChI is InChI=1S/C22H28N6O5S/c1-27(2)18-15-5-3-4-6-16(15)25-21(26-18)24-14-7-9-22(10-8-14,20(23)30)33-19(29)13-11-17(28(31)32)34-12-13/h11-12,14H,3-10H2,1-2H3,(H2,23,30)(H,24,25,26). The van der Waals surface area contributed by atoms with Crippen LogP contribution in [0.3, 0.4) is 0 Å². The van der Waals surface area contributed by atoms with Crippen LogP contribution in [0.25, 0.3) is 0 Å². The van der Waals surface area contributed by atoms with Crippen LogP contribution in [0.5, 0.6) is 0 Å². The number of nitrogens with one attached hydrogen (secondary N) is 1. The summed E-state index contributed by atoms with van der Waals surface area (Å²) in [7, 11) is 3.94. The van der Waals surface area contributed by atoms with Crippen molar-refractivity contribution < 1.29 is 19.2 Å². The number of ether oxygens (including phenoxy) is 1. The molecule has 2 heterocycles. The number of nitro groups is 1. The molecule has 1 saturated carbocycles. The summed E-state index contributed by atoms with van der Waals surface area (Å²) in [6, 6.07) is 1.13. The Morgan fingerprint density at radius 1 is 1.26 bits per heavy atom. The summed E-state index contributed by atoms with van der Waals surface area (Å²) in [4.78, 5) is 46.7. The first kappa shape index (κ1) is 23.9. The van der Waals surface area contributed by atoms with Crippen molar-refractivity contribution in [2.24, 2.45) is 5.73 Å². The third kappa shape index (κ3) is 4.81. The van der Waals surface area contributed by atoms with Crippen molar-refractivity contribution in [2.45, 2.75) is 63.0 Å². The van der Waals surface area contributed by atoms with Crippen molar-refractivity contribution in [3.63, 3.8) is 0 Å². The van der Waals surface area contributed by atoms with Crippen LogP contribution in [0.2, 0.25) is 0 Å². The van der Waals surface area contributed by atoms with Crippen LogP contribution in [0.4, 0.5) is 16.8 Å². The van der Waals surface area contributed by atoms with E-state index in [4.69, 9.17) is 20.4 Å². The Morgan fingerprint density at radius 2 is 1.97 bits per heavy atom. The lowest BCUT2D eigenvalue weighted by Gasteiger charge is -2.37. The van der Waals surface area contributed by atoms with Crippen LogP contribution in [-0.4, -0.2) is 52.5 Å².